The number of nitrogens with zero attached hydrogens (tertiary/aromatic N) is 1. The maximum absolute atomic E-state index is 13.0. The molecule has 0 unspecified atom stereocenters. The van der Waals surface area contributed by atoms with Gasteiger partial charge in [0.1, 0.15) is 5.54 Å². The van der Waals surface area contributed by atoms with Crippen molar-refractivity contribution in [3.8, 4) is 0 Å². The van der Waals surface area contributed by atoms with Gasteiger partial charge >= 0.3 is 6.18 Å². The fourth-order valence-corrected chi connectivity index (χ4v) is 2.57. The Morgan fingerprint density at radius 1 is 1.19 bits per heavy atom. The first-order valence-electron chi connectivity index (χ1n) is 5.84. The summed E-state index contributed by atoms with van der Waals surface area (Å²) >= 11 is 0. The fourth-order valence-electron chi connectivity index (χ4n) is 2.57. The van der Waals surface area contributed by atoms with Gasteiger partial charge in [-0.1, -0.05) is 0 Å². The summed E-state index contributed by atoms with van der Waals surface area (Å²) in [5.41, 5.74) is -1.73. The van der Waals surface area contributed by atoms with Crippen molar-refractivity contribution in [3.63, 3.8) is 0 Å². The monoisotopic (exact) mass is 236 g/mol. The average Bonchev–Trinajstić information content (AvgIpc) is 2.86. The maximum Gasteiger partial charge on any atom is 0.406 e. The standard InChI is InChI=1S/C11H19F3N2/c1-9(2)8-16(7-3-6-15-9)10(4-5-10)11(12,13)14/h15H,3-8H2,1-2H3. The van der Waals surface area contributed by atoms with Gasteiger partial charge < -0.3 is 5.32 Å². The number of halogens is 3. The zero-order valence-corrected chi connectivity index (χ0v) is 9.82. The van der Waals surface area contributed by atoms with Crippen LogP contribution in [0.25, 0.3) is 0 Å². The van der Waals surface area contributed by atoms with Crippen LogP contribution in [0.3, 0.4) is 0 Å². The molecule has 1 saturated heterocycles. The molecule has 0 bridgehead atoms. The van der Waals surface area contributed by atoms with Crippen LogP contribution in [-0.4, -0.2) is 41.8 Å². The second-order valence-corrected chi connectivity index (χ2v) is 5.62. The molecule has 2 rings (SSSR count). The Bertz CT molecular complexity index is 269. The van der Waals surface area contributed by atoms with E-state index in [4.69, 9.17) is 0 Å². The molecule has 5 heteroatoms. The number of hydrogen-bond donors (Lipinski definition) is 1. The van der Waals surface area contributed by atoms with E-state index in [9.17, 15) is 13.2 Å². The average molecular weight is 236 g/mol. The molecule has 1 N–H and O–H groups in total. The Hall–Kier alpha value is -0.290. The Kier molecular flexibility index (Phi) is 2.74. The quantitative estimate of drug-likeness (QED) is 0.750. The van der Waals surface area contributed by atoms with Crippen LogP contribution in [0.1, 0.15) is 33.1 Å². The summed E-state index contributed by atoms with van der Waals surface area (Å²) in [6, 6.07) is 0. The maximum atomic E-state index is 13.0. The molecule has 0 spiro atoms. The molecule has 2 nitrogen and oxygen atoms in total. The van der Waals surface area contributed by atoms with Crippen molar-refractivity contribution in [1.82, 2.24) is 10.2 Å². The topological polar surface area (TPSA) is 15.3 Å². The first-order chi connectivity index (χ1) is 7.27. The van der Waals surface area contributed by atoms with Crippen molar-refractivity contribution < 1.29 is 13.2 Å². The predicted octanol–water partition coefficient (Wildman–Crippen LogP) is 2.16. The molecule has 2 fully saturated rings. The van der Waals surface area contributed by atoms with E-state index in [0.29, 0.717) is 13.1 Å². The molecule has 1 aliphatic heterocycles. The predicted molar refractivity (Wildman–Crippen MR) is 56.3 cm³/mol. The molecule has 0 aromatic heterocycles. The van der Waals surface area contributed by atoms with E-state index in [-0.39, 0.29) is 18.4 Å². The number of rotatable bonds is 1. The van der Waals surface area contributed by atoms with Crippen molar-refractivity contribution in [1.29, 1.82) is 0 Å². The number of hydrogen-bond acceptors (Lipinski definition) is 2. The second-order valence-electron chi connectivity index (χ2n) is 5.62. The van der Waals surface area contributed by atoms with Crippen LogP contribution in [0.15, 0.2) is 0 Å². The zero-order chi connectivity index (χ0) is 12.0. The van der Waals surface area contributed by atoms with Gasteiger partial charge in [-0.15, -0.1) is 0 Å². The largest absolute Gasteiger partial charge is 0.406 e. The minimum Gasteiger partial charge on any atom is -0.310 e. The highest BCUT2D eigenvalue weighted by atomic mass is 19.4. The Balaban J connectivity index is 2.14. The van der Waals surface area contributed by atoms with Crippen LogP contribution < -0.4 is 5.32 Å². The van der Waals surface area contributed by atoms with Gasteiger partial charge in [-0.05, 0) is 39.7 Å². The van der Waals surface area contributed by atoms with E-state index in [0.717, 1.165) is 13.0 Å². The summed E-state index contributed by atoms with van der Waals surface area (Å²) in [6.07, 6.45) is -2.74. The molecule has 16 heavy (non-hydrogen) atoms. The SMILES string of the molecule is CC1(C)CN(C2(C(F)(F)F)CC2)CCCN1. The molecular weight excluding hydrogens is 217 g/mol. The van der Waals surface area contributed by atoms with E-state index < -0.39 is 11.7 Å². The first kappa shape index (κ1) is 12.2. The van der Waals surface area contributed by atoms with E-state index in [2.05, 4.69) is 5.32 Å². The molecule has 1 aliphatic carbocycles. The van der Waals surface area contributed by atoms with Crippen LogP contribution in [0.5, 0.6) is 0 Å². The fraction of sp³-hybridized carbons (Fsp3) is 1.00. The van der Waals surface area contributed by atoms with Crippen LogP contribution >= 0.6 is 0 Å². The van der Waals surface area contributed by atoms with Crippen molar-refractivity contribution in [2.24, 2.45) is 0 Å². The molecule has 0 radical (unpaired) electrons. The zero-order valence-electron chi connectivity index (χ0n) is 9.82. The number of nitrogens with one attached hydrogen (secondary N) is 1. The highest BCUT2D eigenvalue weighted by Crippen LogP contribution is 2.54. The second kappa shape index (κ2) is 3.60. The lowest BCUT2D eigenvalue weighted by molar-refractivity contribution is -0.197. The summed E-state index contributed by atoms with van der Waals surface area (Å²) in [4.78, 5) is 1.65. The van der Waals surface area contributed by atoms with Gasteiger partial charge in [-0.2, -0.15) is 13.2 Å². The van der Waals surface area contributed by atoms with Crippen LogP contribution in [0.4, 0.5) is 13.2 Å². The Labute approximate surface area is 94.2 Å². The lowest BCUT2D eigenvalue weighted by atomic mass is 10.0. The summed E-state index contributed by atoms with van der Waals surface area (Å²) in [5.74, 6) is 0. The molecule has 1 heterocycles. The number of alkyl halides is 3. The molecule has 2 aliphatic rings. The van der Waals surface area contributed by atoms with E-state index in [1.807, 2.05) is 13.8 Å². The van der Waals surface area contributed by atoms with Crippen molar-refractivity contribution >= 4 is 0 Å². The van der Waals surface area contributed by atoms with Gasteiger partial charge in [0.15, 0.2) is 0 Å². The van der Waals surface area contributed by atoms with Gasteiger partial charge in [0.2, 0.25) is 0 Å². The van der Waals surface area contributed by atoms with Gasteiger partial charge in [0.05, 0.1) is 0 Å². The molecule has 0 aromatic carbocycles. The molecular formula is C11H19F3N2. The molecule has 0 atom stereocenters. The van der Waals surface area contributed by atoms with Crippen molar-refractivity contribution in [3.05, 3.63) is 0 Å². The van der Waals surface area contributed by atoms with Crippen molar-refractivity contribution in [2.45, 2.75) is 50.4 Å². The highest BCUT2D eigenvalue weighted by Gasteiger charge is 2.66. The molecule has 94 valence electrons. The molecule has 0 amide bonds. The normalized spacial score (nSPS) is 29.8. The van der Waals surface area contributed by atoms with Gasteiger partial charge in [-0.25, -0.2) is 0 Å². The third-order valence-electron chi connectivity index (χ3n) is 3.65. The van der Waals surface area contributed by atoms with E-state index >= 15 is 0 Å². The van der Waals surface area contributed by atoms with E-state index in [1.165, 1.54) is 0 Å². The van der Waals surface area contributed by atoms with Gasteiger partial charge in [0, 0.05) is 18.6 Å². The first-order valence-corrected chi connectivity index (χ1v) is 5.84. The molecule has 1 saturated carbocycles. The van der Waals surface area contributed by atoms with E-state index in [1.54, 1.807) is 4.90 Å². The minimum atomic E-state index is -4.08. The van der Waals surface area contributed by atoms with Crippen LogP contribution in [0.2, 0.25) is 0 Å². The van der Waals surface area contributed by atoms with Crippen LogP contribution in [-0.2, 0) is 0 Å². The third kappa shape index (κ3) is 2.07. The summed E-state index contributed by atoms with van der Waals surface area (Å²) in [6.45, 7) is 5.77. The van der Waals surface area contributed by atoms with Crippen molar-refractivity contribution in [2.75, 3.05) is 19.6 Å². The summed E-state index contributed by atoms with van der Waals surface area (Å²) in [5, 5.41) is 3.29. The minimum absolute atomic E-state index is 0.225. The Morgan fingerprint density at radius 2 is 1.81 bits per heavy atom. The summed E-state index contributed by atoms with van der Waals surface area (Å²) < 4.78 is 39.0. The smallest absolute Gasteiger partial charge is 0.310 e. The van der Waals surface area contributed by atoms with Crippen LogP contribution in [0, 0.1) is 0 Å². The Morgan fingerprint density at radius 3 is 2.31 bits per heavy atom. The lowest BCUT2D eigenvalue weighted by Crippen LogP contribution is -2.54. The third-order valence-corrected chi connectivity index (χ3v) is 3.65. The molecule has 0 aromatic rings. The van der Waals surface area contributed by atoms with Gasteiger partial charge in [-0.3, -0.25) is 4.90 Å². The summed E-state index contributed by atoms with van der Waals surface area (Å²) in [7, 11) is 0. The lowest BCUT2D eigenvalue weighted by Gasteiger charge is -2.37. The highest BCUT2D eigenvalue weighted by molar-refractivity contribution is 5.11. The van der Waals surface area contributed by atoms with Gasteiger partial charge in [0.25, 0.3) is 0 Å².